The Morgan fingerprint density at radius 2 is 0.894 bits per heavy atom. The quantitative estimate of drug-likeness (QED) is 0.0289. The molecule has 0 bridgehead atoms. The molecular formula is C38H73O8P. The molecule has 0 spiro atoms. The smallest absolute Gasteiger partial charge is 0.462 e. The predicted molar refractivity (Wildman–Crippen MR) is 193 cm³/mol. The third kappa shape index (κ3) is 37.5. The molecule has 2 N–H and O–H groups in total. The fourth-order valence-corrected chi connectivity index (χ4v) is 5.96. The Hall–Kier alpha value is -1.21. The number of carbonyl (C=O) groups excluding carboxylic acids is 2. The maximum Gasteiger partial charge on any atom is 0.469 e. The van der Waals surface area contributed by atoms with Crippen LogP contribution in [0.1, 0.15) is 200 Å². The molecule has 1 atom stereocenters. The first kappa shape index (κ1) is 45.8. The second-order valence-corrected chi connectivity index (χ2v) is 14.5. The molecule has 0 amide bonds. The minimum absolute atomic E-state index is 0.216. The largest absolute Gasteiger partial charge is 0.469 e. The SMILES string of the molecule is CCCCCCC/C=C\CCCCCCCC(=O)OC[C@H](COP(=O)(O)O)OC(=O)CCCCCCCCCCCCCCCCC. The number of unbranched alkanes of at least 4 members (excludes halogenated alkanes) is 24. The monoisotopic (exact) mass is 689 g/mol. The van der Waals surface area contributed by atoms with Crippen LogP contribution < -0.4 is 0 Å². The molecule has 8 nitrogen and oxygen atoms in total. The molecule has 278 valence electrons. The van der Waals surface area contributed by atoms with Gasteiger partial charge in [0.05, 0.1) is 6.61 Å². The lowest BCUT2D eigenvalue weighted by molar-refractivity contribution is -0.161. The molecule has 0 aromatic heterocycles. The summed E-state index contributed by atoms with van der Waals surface area (Å²) >= 11 is 0. The highest BCUT2D eigenvalue weighted by Gasteiger charge is 2.22. The zero-order valence-electron chi connectivity index (χ0n) is 30.4. The fourth-order valence-electron chi connectivity index (χ4n) is 5.60. The van der Waals surface area contributed by atoms with Crippen LogP contribution in [0.2, 0.25) is 0 Å². The van der Waals surface area contributed by atoms with E-state index in [2.05, 4.69) is 30.5 Å². The summed E-state index contributed by atoms with van der Waals surface area (Å²) in [7, 11) is -4.75. The van der Waals surface area contributed by atoms with Crippen LogP contribution in [0.5, 0.6) is 0 Å². The molecule has 0 saturated carbocycles. The van der Waals surface area contributed by atoms with Crippen LogP contribution in [0.3, 0.4) is 0 Å². The average Bonchev–Trinajstić information content (AvgIpc) is 3.03. The highest BCUT2D eigenvalue weighted by atomic mass is 31.2. The van der Waals surface area contributed by atoms with Crippen molar-refractivity contribution in [1.82, 2.24) is 0 Å². The molecular weight excluding hydrogens is 615 g/mol. The van der Waals surface area contributed by atoms with Crippen LogP contribution in [0.15, 0.2) is 12.2 Å². The van der Waals surface area contributed by atoms with Gasteiger partial charge in [0.2, 0.25) is 0 Å². The maximum absolute atomic E-state index is 12.4. The normalized spacial score (nSPS) is 12.5. The van der Waals surface area contributed by atoms with Crippen molar-refractivity contribution in [3.05, 3.63) is 12.2 Å². The zero-order valence-corrected chi connectivity index (χ0v) is 31.3. The second-order valence-electron chi connectivity index (χ2n) is 13.3. The summed E-state index contributed by atoms with van der Waals surface area (Å²) in [5, 5.41) is 0. The summed E-state index contributed by atoms with van der Waals surface area (Å²) in [5.74, 6) is -0.886. The van der Waals surface area contributed by atoms with Crippen LogP contribution in [0, 0.1) is 0 Å². The van der Waals surface area contributed by atoms with Gasteiger partial charge in [0.25, 0.3) is 0 Å². The van der Waals surface area contributed by atoms with E-state index in [1.807, 2.05) is 0 Å². The van der Waals surface area contributed by atoms with Gasteiger partial charge in [0, 0.05) is 12.8 Å². The lowest BCUT2D eigenvalue weighted by Crippen LogP contribution is -2.29. The number of phosphoric acid groups is 1. The van der Waals surface area contributed by atoms with E-state index in [0.29, 0.717) is 6.42 Å². The summed E-state index contributed by atoms with van der Waals surface area (Å²) in [6.45, 7) is 3.68. The number of hydrogen-bond acceptors (Lipinski definition) is 6. The van der Waals surface area contributed by atoms with Gasteiger partial charge in [-0.3, -0.25) is 14.1 Å². The van der Waals surface area contributed by atoms with Crippen LogP contribution >= 0.6 is 7.82 Å². The number of phosphoric ester groups is 1. The third-order valence-corrected chi connectivity index (χ3v) is 9.02. The lowest BCUT2D eigenvalue weighted by Gasteiger charge is -2.18. The van der Waals surface area contributed by atoms with Gasteiger partial charge in [0.15, 0.2) is 6.10 Å². The van der Waals surface area contributed by atoms with E-state index < -0.39 is 32.5 Å². The van der Waals surface area contributed by atoms with Crippen molar-refractivity contribution in [3.8, 4) is 0 Å². The van der Waals surface area contributed by atoms with Gasteiger partial charge < -0.3 is 19.3 Å². The average molecular weight is 689 g/mol. The minimum Gasteiger partial charge on any atom is -0.462 e. The molecule has 0 unspecified atom stereocenters. The number of ether oxygens (including phenoxy) is 2. The summed E-state index contributed by atoms with van der Waals surface area (Å²) < 4.78 is 26.3. The van der Waals surface area contributed by atoms with Crippen LogP contribution in [-0.4, -0.2) is 41.0 Å². The van der Waals surface area contributed by atoms with Crippen LogP contribution in [0.4, 0.5) is 0 Å². The van der Waals surface area contributed by atoms with E-state index in [-0.39, 0.29) is 19.4 Å². The molecule has 0 aromatic rings. The Bertz CT molecular complexity index is 782. The van der Waals surface area contributed by atoms with Gasteiger partial charge in [-0.05, 0) is 38.5 Å². The van der Waals surface area contributed by atoms with E-state index in [9.17, 15) is 14.2 Å². The number of rotatable bonds is 36. The van der Waals surface area contributed by atoms with Crippen molar-refractivity contribution in [2.75, 3.05) is 13.2 Å². The first-order valence-corrected chi connectivity index (χ1v) is 21.0. The maximum atomic E-state index is 12.4. The van der Waals surface area contributed by atoms with E-state index in [1.165, 1.54) is 109 Å². The van der Waals surface area contributed by atoms with E-state index in [0.717, 1.165) is 57.8 Å². The summed E-state index contributed by atoms with van der Waals surface area (Å²) in [5.41, 5.74) is 0. The number of esters is 2. The van der Waals surface area contributed by atoms with Crippen LogP contribution in [-0.2, 0) is 28.2 Å². The first-order valence-electron chi connectivity index (χ1n) is 19.5. The van der Waals surface area contributed by atoms with Crippen molar-refractivity contribution in [1.29, 1.82) is 0 Å². The molecule has 0 saturated heterocycles. The van der Waals surface area contributed by atoms with Crippen molar-refractivity contribution < 1.29 is 37.9 Å². The highest BCUT2D eigenvalue weighted by Crippen LogP contribution is 2.36. The van der Waals surface area contributed by atoms with Crippen molar-refractivity contribution in [3.63, 3.8) is 0 Å². The molecule has 0 aliphatic carbocycles. The van der Waals surface area contributed by atoms with Gasteiger partial charge in [0.1, 0.15) is 6.61 Å². The molecule has 47 heavy (non-hydrogen) atoms. The van der Waals surface area contributed by atoms with E-state index >= 15 is 0 Å². The topological polar surface area (TPSA) is 119 Å². The fraction of sp³-hybridized carbons (Fsp3) is 0.895. The molecule has 0 aliphatic rings. The van der Waals surface area contributed by atoms with E-state index in [4.69, 9.17) is 19.3 Å². The molecule has 0 aromatic carbocycles. The number of carbonyl (C=O) groups is 2. The number of allylic oxidation sites excluding steroid dienone is 2. The summed E-state index contributed by atoms with van der Waals surface area (Å²) in [6, 6.07) is 0. The van der Waals surface area contributed by atoms with Gasteiger partial charge in [-0.25, -0.2) is 4.57 Å². The Morgan fingerprint density at radius 3 is 1.30 bits per heavy atom. The molecule has 0 rings (SSSR count). The Balaban J connectivity index is 3.93. The molecule has 0 aliphatic heterocycles. The molecule has 0 heterocycles. The summed E-state index contributed by atoms with van der Waals surface area (Å²) in [6.07, 6.45) is 36.4. The van der Waals surface area contributed by atoms with Gasteiger partial charge >= 0.3 is 19.8 Å². The molecule has 0 fully saturated rings. The zero-order chi connectivity index (χ0) is 34.7. The van der Waals surface area contributed by atoms with E-state index in [1.54, 1.807) is 0 Å². The second kappa shape index (κ2) is 34.6. The number of hydrogen-bond donors (Lipinski definition) is 2. The molecule has 0 radical (unpaired) electrons. The predicted octanol–water partition coefficient (Wildman–Crippen LogP) is 11.5. The Labute approximate surface area is 288 Å². The van der Waals surface area contributed by atoms with Gasteiger partial charge in [-0.15, -0.1) is 0 Å². The van der Waals surface area contributed by atoms with Gasteiger partial charge in [-0.1, -0.05) is 161 Å². The van der Waals surface area contributed by atoms with Gasteiger partial charge in [-0.2, -0.15) is 0 Å². The lowest BCUT2D eigenvalue weighted by atomic mass is 10.0. The Morgan fingerprint density at radius 1 is 0.532 bits per heavy atom. The van der Waals surface area contributed by atoms with Crippen molar-refractivity contribution in [2.24, 2.45) is 0 Å². The van der Waals surface area contributed by atoms with Crippen LogP contribution in [0.25, 0.3) is 0 Å². The van der Waals surface area contributed by atoms with Crippen molar-refractivity contribution in [2.45, 2.75) is 206 Å². The first-order chi connectivity index (χ1) is 22.8. The molecule has 9 heteroatoms. The third-order valence-electron chi connectivity index (χ3n) is 8.53. The minimum atomic E-state index is -4.75. The standard InChI is InChI=1S/C38H73O8P/c1-3-5-7-9-11-13-15-17-19-21-23-25-27-29-31-33-38(40)46-36(35-45-47(41,42)43)34-44-37(39)32-30-28-26-24-22-20-18-16-14-12-10-8-6-4-2/h16,18,36H,3-15,17,19-35H2,1-2H3,(H2,41,42,43)/b18-16-/t36-/m1/s1. The van der Waals surface area contributed by atoms with Crippen molar-refractivity contribution >= 4 is 19.8 Å². The highest BCUT2D eigenvalue weighted by molar-refractivity contribution is 7.46. The Kier molecular flexibility index (Phi) is 33.8. The summed E-state index contributed by atoms with van der Waals surface area (Å²) in [4.78, 5) is 42.7.